The first-order valence-corrected chi connectivity index (χ1v) is 6.88. The van der Waals surface area contributed by atoms with Crippen molar-refractivity contribution in [2.45, 2.75) is 0 Å². The molecule has 0 bridgehead atoms. The van der Waals surface area contributed by atoms with Gasteiger partial charge in [-0.1, -0.05) is 11.6 Å². The summed E-state index contributed by atoms with van der Waals surface area (Å²) in [4.78, 5) is 13.7. The Morgan fingerprint density at radius 3 is 2.83 bits per heavy atom. The number of morpholine rings is 1. The third-order valence-corrected chi connectivity index (χ3v) is 3.62. The molecule has 2 rings (SSSR count). The molecule has 0 aromatic heterocycles. The number of hydrogen-bond donors (Lipinski definition) is 1. The molecule has 0 unspecified atom stereocenters. The van der Waals surface area contributed by atoms with E-state index in [1.807, 2.05) is 6.07 Å². The van der Waals surface area contributed by atoms with Crippen LogP contribution in [0.5, 0.6) is 0 Å². The number of carbonyl (C=O) groups excluding carboxylic acids is 1. The largest absolute Gasteiger partial charge is 0.378 e. The molecule has 1 amide bonds. The molecule has 1 fully saturated rings. The molecule has 0 spiro atoms. The van der Waals surface area contributed by atoms with E-state index in [0.29, 0.717) is 31.3 Å². The van der Waals surface area contributed by atoms with Gasteiger partial charge in [0.1, 0.15) is 0 Å². The minimum Gasteiger partial charge on any atom is -0.378 e. The molecule has 1 heterocycles. The molecule has 18 heavy (non-hydrogen) atoms. The number of nitrogens with one attached hydrogen (secondary N) is 1. The van der Waals surface area contributed by atoms with Crippen LogP contribution in [0.3, 0.4) is 0 Å². The zero-order valence-electron chi connectivity index (χ0n) is 9.79. The number of carbonyl (C=O) groups is 1. The van der Waals surface area contributed by atoms with E-state index in [-0.39, 0.29) is 12.5 Å². The first kappa shape index (κ1) is 13.6. The van der Waals surface area contributed by atoms with Crippen LogP contribution in [0.15, 0.2) is 22.7 Å². The molecule has 1 aliphatic heterocycles. The monoisotopic (exact) mass is 332 g/mol. The van der Waals surface area contributed by atoms with Crippen molar-refractivity contribution in [2.24, 2.45) is 0 Å². The van der Waals surface area contributed by atoms with Crippen molar-refractivity contribution >= 4 is 39.1 Å². The summed E-state index contributed by atoms with van der Waals surface area (Å²) in [6.45, 7) is 2.86. The molecule has 1 aliphatic rings. The van der Waals surface area contributed by atoms with Gasteiger partial charge in [0.25, 0.3) is 0 Å². The Kier molecular flexibility index (Phi) is 4.86. The Balaban J connectivity index is 1.88. The molecule has 0 radical (unpaired) electrons. The van der Waals surface area contributed by atoms with Gasteiger partial charge in [-0.15, -0.1) is 0 Å². The molecule has 0 saturated carbocycles. The molecule has 98 valence electrons. The molecule has 0 atom stereocenters. The second-order valence-electron chi connectivity index (χ2n) is 3.97. The lowest BCUT2D eigenvalue weighted by Gasteiger charge is -2.27. The van der Waals surface area contributed by atoms with Crippen molar-refractivity contribution in [3.05, 3.63) is 27.7 Å². The molecule has 1 aromatic carbocycles. The van der Waals surface area contributed by atoms with Gasteiger partial charge in [0.15, 0.2) is 0 Å². The van der Waals surface area contributed by atoms with Gasteiger partial charge in [0.05, 0.1) is 19.8 Å². The Bertz CT molecular complexity index is 436. The highest BCUT2D eigenvalue weighted by Crippen LogP contribution is 2.25. The highest BCUT2D eigenvalue weighted by atomic mass is 79.9. The fourth-order valence-corrected chi connectivity index (χ4v) is 2.55. The van der Waals surface area contributed by atoms with Crippen molar-refractivity contribution in [3.63, 3.8) is 0 Å². The lowest BCUT2D eigenvalue weighted by atomic mass is 10.3. The standard InChI is InChI=1S/C12H14BrClN2O2/c13-10-7-9(14)1-2-11(10)15-8-12(17)16-3-5-18-6-4-16/h1-2,7,15H,3-6,8H2. The molecule has 0 aliphatic carbocycles. The summed E-state index contributed by atoms with van der Waals surface area (Å²) < 4.78 is 6.06. The van der Waals surface area contributed by atoms with Crippen molar-refractivity contribution in [1.29, 1.82) is 0 Å². The van der Waals surface area contributed by atoms with Gasteiger partial charge in [-0.05, 0) is 34.1 Å². The van der Waals surface area contributed by atoms with Crippen LogP contribution < -0.4 is 5.32 Å². The van der Waals surface area contributed by atoms with Crippen LogP contribution in [-0.4, -0.2) is 43.7 Å². The van der Waals surface area contributed by atoms with Gasteiger partial charge in [-0.25, -0.2) is 0 Å². The SMILES string of the molecule is O=C(CNc1ccc(Cl)cc1Br)N1CCOCC1. The number of benzene rings is 1. The molecular formula is C12H14BrClN2O2. The number of amides is 1. The Hall–Kier alpha value is -0.780. The minimum absolute atomic E-state index is 0.0835. The van der Waals surface area contributed by atoms with E-state index >= 15 is 0 Å². The Labute approximate surface area is 119 Å². The summed E-state index contributed by atoms with van der Waals surface area (Å²) >= 11 is 9.26. The van der Waals surface area contributed by atoms with Gasteiger partial charge in [0.2, 0.25) is 5.91 Å². The number of halogens is 2. The number of anilines is 1. The van der Waals surface area contributed by atoms with E-state index in [2.05, 4.69) is 21.2 Å². The van der Waals surface area contributed by atoms with E-state index in [0.717, 1.165) is 10.2 Å². The molecule has 1 saturated heterocycles. The summed E-state index contributed by atoms with van der Waals surface area (Å²) in [6.07, 6.45) is 0. The summed E-state index contributed by atoms with van der Waals surface area (Å²) in [5.74, 6) is 0.0835. The second-order valence-corrected chi connectivity index (χ2v) is 5.26. The van der Waals surface area contributed by atoms with Gasteiger partial charge in [0, 0.05) is 28.3 Å². The maximum Gasteiger partial charge on any atom is 0.242 e. The zero-order valence-corrected chi connectivity index (χ0v) is 12.1. The van der Waals surface area contributed by atoms with Crippen molar-refractivity contribution in [1.82, 2.24) is 4.90 Å². The molecule has 4 nitrogen and oxygen atoms in total. The van der Waals surface area contributed by atoms with E-state index in [4.69, 9.17) is 16.3 Å². The first-order chi connectivity index (χ1) is 8.66. The fraction of sp³-hybridized carbons (Fsp3) is 0.417. The average molecular weight is 334 g/mol. The highest BCUT2D eigenvalue weighted by Gasteiger charge is 2.16. The van der Waals surface area contributed by atoms with Crippen molar-refractivity contribution in [3.8, 4) is 0 Å². The van der Waals surface area contributed by atoms with Gasteiger partial charge in [-0.2, -0.15) is 0 Å². The topological polar surface area (TPSA) is 41.6 Å². The van der Waals surface area contributed by atoms with Gasteiger partial charge in [-0.3, -0.25) is 4.79 Å². The van der Waals surface area contributed by atoms with Crippen molar-refractivity contribution in [2.75, 3.05) is 38.2 Å². The second kappa shape index (κ2) is 6.41. The zero-order chi connectivity index (χ0) is 13.0. The number of nitrogens with zero attached hydrogens (tertiary/aromatic N) is 1. The summed E-state index contributed by atoms with van der Waals surface area (Å²) in [7, 11) is 0. The normalized spacial score (nSPS) is 15.6. The maximum atomic E-state index is 11.9. The van der Waals surface area contributed by atoms with E-state index in [1.165, 1.54) is 0 Å². The van der Waals surface area contributed by atoms with Crippen LogP contribution in [0.25, 0.3) is 0 Å². The average Bonchev–Trinajstić information content (AvgIpc) is 2.38. The van der Waals surface area contributed by atoms with Crippen LogP contribution >= 0.6 is 27.5 Å². The van der Waals surface area contributed by atoms with Crippen LogP contribution in [0.2, 0.25) is 5.02 Å². The quantitative estimate of drug-likeness (QED) is 0.923. The van der Waals surface area contributed by atoms with Crippen molar-refractivity contribution < 1.29 is 9.53 Å². The summed E-state index contributed by atoms with van der Waals surface area (Å²) in [5.41, 5.74) is 0.862. The number of hydrogen-bond acceptors (Lipinski definition) is 3. The summed E-state index contributed by atoms with van der Waals surface area (Å²) in [5, 5.41) is 3.76. The third-order valence-electron chi connectivity index (χ3n) is 2.72. The maximum absolute atomic E-state index is 11.9. The first-order valence-electron chi connectivity index (χ1n) is 5.71. The molecule has 1 N–H and O–H groups in total. The molecule has 1 aromatic rings. The van der Waals surface area contributed by atoms with E-state index < -0.39 is 0 Å². The smallest absolute Gasteiger partial charge is 0.242 e. The highest BCUT2D eigenvalue weighted by molar-refractivity contribution is 9.10. The van der Waals surface area contributed by atoms with E-state index in [9.17, 15) is 4.79 Å². The van der Waals surface area contributed by atoms with Crippen LogP contribution in [0, 0.1) is 0 Å². The molecule has 6 heteroatoms. The predicted octanol–water partition coefficient (Wildman–Crippen LogP) is 2.37. The number of ether oxygens (including phenoxy) is 1. The Morgan fingerprint density at radius 1 is 1.44 bits per heavy atom. The predicted molar refractivity (Wildman–Crippen MR) is 75.0 cm³/mol. The summed E-state index contributed by atoms with van der Waals surface area (Å²) in [6, 6.07) is 5.43. The van der Waals surface area contributed by atoms with Gasteiger partial charge >= 0.3 is 0 Å². The van der Waals surface area contributed by atoms with E-state index in [1.54, 1.807) is 17.0 Å². The fourth-order valence-electron chi connectivity index (χ4n) is 1.73. The number of rotatable bonds is 3. The molecular weight excluding hydrogens is 320 g/mol. The third kappa shape index (κ3) is 3.60. The van der Waals surface area contributed by atoms with Crippen LogP contribution in [0.4, 0.5) is 5.69 Å². The van der Waals surface area contributed by atoms with Crippen LogP contribution in [0.1, 0.15) is 0 Å². The lowest BCUT2D eigenvalue weighted by Crippen LogP contribution is -2.43. The lowest BCUT2D eigenvalue weighted by molar-refractivity contribution is -0.133. The van der Waals surface area contributed by atoms with Gasteiger partial charge < -0.3 is 15.0 Å². The Morgan fingerprint density at radius 2 is 2.17 bits per heavy atom. The van der Waals surface area contributed by atoms with Crippen LogP contribution in [-0.2, 0) is 9.53 Å². The minimum atomic E-state index is 0.0835.